The molecule has 0 unspecified atom stereocenters. The number of nitrogens with one attached hydrogen (secondary N) is 1. The Bertz CT molecular complexity index is 315. The lowest BCUT2D eigenvalue weighted by atomic mass is 9.98. The molecule has 1 heterocycles. The minimum atomic E-state index is -0.959. The van der Waals surface area contributed by atoms with Crippen LogP contribution in [-0.2, 0) is 4.79 Å². The van der Waals surface area contributed by atoms with Gasteiger partial charge in [0.1, 0.15) is 6.04 Å². The van der Waals surface area contributed by atoms with Gasteiger partial charge in [-0.05, 0) is 51.5 Å². The van der Waals surface area contributed by atoms with Gasteiger partial charge in [0, 0.05) is 12.1 Å². The number of carboxylic acids is 1. The number of amides is 2. The Balaban J connectivity index is 2.62. The van der Waals surface area contributed by atoms with E-state index in [1.807, 2.05) is 20.1 Å². The Hall–Kier alpha value is -0.910. The van der Waals surface area contributed by atoms with Crippen LogP contribution < -0.4 is 5.32 Å². The Kier molecular flexibility index (Phi) is 6.48. The van der Waals surface area contributed by atoms with Gasteiger partial charge < -0.3 is 15.3 Å². The predicted molar refractivity (Wildman–Crippen MR) is 77.6 cm³/mol. The van der Waals surface area contributed by atoms with Crippen LogP contribution in [0.5, 0.6) is 0 Å². The van der Waals surface area contributed by atoms with Crippen LogP contribution in [0.15, 0.2) is 0 Å². The lowest BCUT2D eigenvalue weighted by Crippen LogP contribution is -2.55. The van der Waals surface area contributed by atoms with Crippen LogP contribution in [-0.4, -0.2) is 52.1 Å². The van der Waals surface area contributed by atoms with Gasteiger partial charge in [-0.2, -0.15) is 11.8 Å². The molecule has 0 radical (unpaired) electrons. The maximum absolute atomic E-state index is 12.2. The van der Waals surface area contributed by atoms with E-state index in [0.29, 0.717) is 6.42 Å². The fourth-order valence-corrected chi connectivity index (χ4v) is 3.01. The molecule has 2 N–H and O–H groups in total. The molecule has 5 nitrogen and oxygen atoms in total. The molecule has 19 heavy (non-hydrogen) atoms. The average molecular weight is 288 g/mol. The molecule has 6 heteroatoms. The molecule has 110 valence electrons. The molecule has 0 aromatic rings. The number of likely N-dealkylation sites (tertiary alicyclic amines) is 1. The Morgan fingerprint density at radius 3 is 2.42 bits per heavy atom. The number of carboxylic acid groups (broad SMARTS) is 1. The summed E-state index contributed by atoms with van der Waals surface area (Å²) in [7, 11) is 0. The van der Waals surface area contributed by atoms with Gasteiger partial charge in [0.25, 0.3) is 0 Å². The van der Waals surface area contributed by atoms with Gasteiger partial charge in [-0.3, -0.25) is 0 Å². The van der Waals surface area contributed by atoms with E-state index in [9.17, 15) is 9.59 Å². The maximum atomic E-state index is 12.2. The summed E-state index contributed by atoms with van der Waals surface area (Å²) >= 11 is 1.58. The van der Waals surface area contributed by atoms with E-state index < -0.39 is 12.0 Å². The molecule has 1 rings (SSSR count). The first kappa shape index (κ1) is 16.1. The molecule has 1 aliphatic heterocycles. The second kappa shape index (κ2) is 7.62. The number of hydrogen-bond acceptors (Lipinski definition) is 3. The summed E-state index contributed by atoms with van der Waals surface area (Å²) in [4.78, 5) is 25.2. The largest absolute Gasteiger partial charge is 0.480 e. The molecule has 2 amide bonds. The average Bonchev–Trinajstić information content (AvgIpc) is 2.33. The summed E-state index contributed by atoms with van der Waals surface area (Å²) in [6.07, 6.45) is 5.48. The molecule has 0 aromatic carbocycles. The predicted octanol–water partition coefficient (Wildman–Crippen LogP) is 2.17. The second-order valence-electron chi connectivity index (χ2n) is 5.16. The molecule has 1 fully saturated rings. The molecule has 3 atom stereocenters. The van der Waals surface area contributed by atoms with Crippen LogP contribution in [0.4, 0.5) is 4.79 Å². The fourth-order valence-electron chi connectivity index (χ4n) is 2.54. The lowest BCUT2D eigenvalue weighted by Gasteiger charge is -2.39. The van der Waals surface area contributed by atoms with Crippen molar-refractivity contribution in [2.24, 2.45) is 0 Å². The number of nitrogens with zero attached hydrogens (tertiary/aromatic N) is 1. The lowest BCUT2D eigenvalue weighted by molar-refractivity contribution is -0.139. The van der Waals surface area contributed by atoms with Gasteiger partial charge in [0.05, 0.1) is 0 Å². The topological polar surface area (TPSA) is 69.6 Å². The zero-order valence-corrected chi connectivity index (χ0v) is 12.7. The molecule has 0 aromatic heterocycles. The van der Waals surface area contributed by atoms with Crippen LogP contribution in [0.2, 0.25) is 0 Å². The van der Waals surface area contributed by atoms with Crippen LogP contribution in [0, 0.1) is 0 Å². The number of aliphatic carboxylic acids is 1. The highest BCUT2D eigenvalue weighted by Crippen LogP contribution is 2.22. The molecule has 0 spiro atoms. The molecule has 1 aliphatic rings. The van der Waals surface area contributed by atoms with E-state index in [1.165, 1.54) is 0 Å². The Labute approximate surface area is 119 Å². The van der Waals surface area contributed by atoms with Crippen LogP contribution in [0.3, 0.4) is 0 Å². The van der Waals surface area contributed by atoms with E-state index in [2.05, 4.69) is 5.32 Å². The number of piperidine rings is 1. The minimum absolute atomic E-state index is 0.179. The van der Waals surface area contributed by atoms with Gasteiger partial charge in [-0.15, -0.1) is 0 Å². The first-order chi connectivity index (χ1) is 8.97. The highest BCUT2D eigenvalue weighted by Gasteiger charge is 2.31. The van der Waals surface area contributed by atoms with Gasteiger partial charge >= 0.3 is 12.0 Å². The zero-order valence-electron chi connectivity index (χ0n) is 11.9. The van der Waals surface area contributed by atoms with Crippen molar-refractivity contribution in [3.05, 3.63) is 0 Å². The van der Waals surface area contributed by atoms with Crippen LogP contribution in [0.1, 0.15) is 39.5 Å². The van der Waals surface area contributed by atoms with Crippen molar-refractivity contribution >= 4 is 23.8 Å². The third-order valence-corrected chi connectivity index (χ3v) is 4.28. The van der Waals surface area contributed by atoms with Crippen molar-refractivity contribution in [2.45, 2.75) is 57.7 Å². The normalized spacial score (nSPS) is 24.9. The van der Waals surface area contributed by atoms with E-state index in [-0.39, 0.29) is 18.1 Å². The van der Waals surface area contributed by atoms with Gasteiger partial charge in [0.15, 0.2) is 0 Å². The Morgan fingerprint density at radius 2 is 1.95 bits per heavy atom. The minimum Gasteiger partial charge on any atom is -0.480 e. The van der Waals surface area contributed by atoms with E-state index in [0.717, 1.165) is 25.0 Å². The number of hydrogen-bond donors (Lipinski definition) is 2. The zero-order chi connectivity index (χ0) is 14.4. The first-order valence-electron chi connectivity index (χ1n) is 6.78. The number of rotatable bonds is 5. The number of carbonyl (C=O) groups is 2. The van der Waals surface area contributed by atoms with Crippen molar-refractivity contribution < 1.29 is 14.7 Å². The van der Waals surface area contributed by atoms with E-state index in [4.69, 9.17) is 5.11 Å². The fraction of sp³-hybridized carbons (Fsp3) is 0.846. The van der Waals surface area contributed by atoms with Gasteiger partial charge in [0.2, 0.25) is 0 Å². The molecule has 0 aliphatic carbocycles. The smallest absolute Gasteiger partial charge is 0.326 e. The third-order valence-electron chi connectivity index (χ3n) is 3.63. The standard InChI is InChI=1S/C13H24N2O3S/c1-9-5-4-6-10(2)15(9)13(18)14-11(12(16)17)7-8-19-3/h9-11H,4-8H2,1-3H3,(H,14,18)(H,16,17)/t9-,10+,11-/m0/s1. The summed E-state index contributed by atoms with van der Waals surface area (Å²) in [5, 5.41) is 11.8. The number of thioether (sulfide) groups is 1. The molecule has 1 saturated heterocycles. The van der Waals surface area contributed by atoms with Crippen molar-refractivity contribution in [1.29, 1.82) is 0 Å². The molecular weight excluding hydrogens is 264 g/mol. The van der Waals surface area contributed by atoms with Crippen molar-refractivity contribution in [3.8, 4) is 0 Å². The summed E-state index contributed by atoms with van der Waals surface area (Å²) < 4.78 is 0. The molecule has 0 bridgehead atoms. The van der Waals surface area contributed by atoms with E-state index >= 15 is 0 Å². The van der Waals surface area contributed by atoms with Gasteiger partial charge in [-0.1, -0.05) is 0 Å². The summed E-state index contributed by atoms with van der Waals surface area (Å²) in [6.45, 7) is 4.04. The monoisotopic (exact) mass is 288 g/mol. The quantitative estimate of drug-likeness (QED) is 0.813. The number of carbonyl (C=O) groups excluding carboxylic acids is 1. The highest BCUT2D eigenvalue weighted by molar-refractivity contribution is 7.98. The molecule has 0 saturated carbocycles. The van der Waals surface area contributed by atoms with Crippen LogP contribution in [0.25, 0.3) is 0 Å². The van der Waals surface area contributed by atoms with Crippen LogP contribution >= 0.6 is 11.8 Å². The summed E-state index contributed by atoms with van der Waals surface area (Å²) in [5.41, 5.74) is 0. The van der Waals surface area contributed by atoms with Gasteiger partial charge in [-0.25, -0.2) is 9.59 Å². The van der Waals surface area contributed by atoms with E-state index in [1.54, 1.807) is 16.7 Å². The molecular formula is C13H24N2O3S. The third kappa shape index (κ3) is 4.60. The Morgan fingerprint density at radius 1 is 1.37 bits per heavy atom. The van der Waals surface area contributed by atoms with Crippen molar-refractivity contribution in [3.63, 3.8) is 0 Å². The highest BCUT2D eigenvalue weighted by atomic mass is 32.2. The first-order valence-corrected chi connectivity index (χ1v) is 8.17. The maximum Gasteiger partial charge on any atom is 0.326 e. The second-order valence-corrected chi connectivity index (χ2v) is 6.14. The number of urea groups is 1. The van der Waals surface area contributed by atoms with Crippen molar-refractivity contribution in [1.82, 2.24) is 10.2 Å². The summed E-state index contributed by atoms with van der Waals surface area (Å²) in [5.74, 6) is -0.234. The van der Waals surface area contributed by atoms with Crippen molar-refractivity contribution in [2.75, 3.05) is 12.0 Å². The SMILES string of the molecule is CSCC[C@H](NC(=O)N1[C@H](C)CCC[C@@H]1C)C(=O)O. The summed E-state index contributed by atoms with van der Waals surface area (Å²) in [6, 6.07) is -0.674.